The van der Waals surface area contributed by atoms with Crippen LogP contribution in [-0.2, 0) is 11.3 Å². The Balaban J connectivity index is 1.34. The van der Waals surface area contributed by atoms with Gasteiger partial charge >= 0.3 is 0 Å². The molecule has 1 saturated heterocycles. The van der Waals surface area contributed by atoms with E-state index in [1.54, 1.807) is 0 Å². The molecule has 4 rings (SSSR count). The van der Waals surface area contributed by atoms with Crippen molar-refractivity contribution in [3.63, 3.8) is 0 Å². The summed E-state index contributed by atoms with van der Waals surface area (Å²) in [6.07, 6.45) is 8.11. The Bertz CT molecular complexity index is 644. The van der Waals surface area contributed by atoms with E-state index in [2.05, 4.69) is 10.2 Å². The molecule has 3 aliphatic rings. The molecule has 5 heteroatoms. The average molecular weight is 355 g/mol. The first-order valence-electron chi connectivity index (χ1n) is 10.1. The highest BCUT2D eigenvalue weighted by molar-refractivity contribution is 5.94. The average Bonchev–Trinajstić information content (AvgIpc) is 3.56. The predicted molar refractivity (Wildman–Crippen MR) is 101 cm³/mol. The Morgan fingerprint density at radius 3 is 2.31 bits per heavy atom. The molecule has 0 spiro atoms. The molecule has 0 unspecified atom stereocenters. The molecule has 0 radical (unpaired) electrons. The SMILES string of the molecule is O=C(NC1CC1)c1ccc(CN(CC(=O)N2CCCCC2)C2CC2)cc1. The lowest BCUT2D eigenvalue weighted by Crippen LogP contribution is -2.43. The number of carbonyl (C=O) groups is 2. The highest BCUT2D eigenvalue weighted by Gasteiger charge is 2.31. The lowest BCUT2D eigenvalue weighted by Gasteiger charge is -2.30. The van der Waals surface area contributed by atoms with Crippen LogP contribution in [0.2, 0.25) is 0 Å². The van der Waals surface area contributed by atoms with Crippen molar-refractivity contribution in [3.8, 4) is 0 Å². The van der Waals surface area contributed by atoms with E-state index in [9.17, 15) is 9.59 Å². The van der Waals surface area contributed by atoms with E-state index in [0.717, 1.165) is 50.9 Å². The first-order valence-corrected chi connectivity index (χ1v) is 10.1. The number of carbonyl (C=O) groups excluding carboxylic acids is 2. The zero-order chi connectivity index (χ0) is 17.9. The van der Waals surface area contributed by atoms with Crippen molar-refractivity contribution in [1.82, 2.24) is 15.1 Å². The summed E-state index contributed by atoms with van der Waals surface area (Å²) < 4.78 is 0. The van der Waals surface area contributed by atoms with E-state index in [4.69, 9.17) is 0 Å². The van der Waals surface area contributed by atoms with Crippen LogP contribution in [0.4, 0.5) is 0 Å². The number of likely N-dealkylation sites (tertiary alicyclic amines) is 1. The van der Waals surface area contributed by atoms with E-state index < -0.39 is 0 Å². The normalized spacial score (nSPS) is 20.3. The van der Waals surface area contributed by atoms with Gasteiger partial charge in [0.1, 0.15) is 0 Å². The summed E-state index contributed by atoms with van der Waals surface area (Å²) in [4.78, 5) is 29.1. The molecule has 0 atom stereocenters. The van der Waals surface area contributed by atoms with Gasteiger partial charge in [-0.3, -0.25) is 14.5 Å². The first-order chi connectivity index (χ1) is 12.7. The fraction of sp³-hybridized carbons (Fsp3) is 0.619. The van der Waals surface area contributed by atoms with Crippen LogP contribution in [0, 0.1) is 0 Å². The summed E-state index contributed by atoms with van der Waals surface area (Å²) in [5, 5.41) is 3.02. The minimum Gasteiger partial charge on any atom is -0.349 e. The van der Waals surface area contributed by atoms with Gasteiger partial charge in [-0.05, 0) is 62.6 Å². The van der Waals surface area contributed by atoms with Gasteiger partial charge in [0.25, 0.3) is 5.91 Å². The number of amides is 2. The molecule has 1 aromatic rings. The maximum absolute atomic E-state index is 12.6. The second kappa shape index (κ2) is 7.78. The summed E-state index contributed by atoms with van der Waals surface area (Å²) in [5.74, 6) is 0.301. The van der Waals surface area contributed by atoms with E-state index in [1.165, 1.54) is 24.8 Å². The van der Waals surface area contributed by atoms with Crippen molar-refractivity contribution in [2.45, 2.75) is 63.6 Å². The molecular formula is C21H29N3O2. The van der Waals surface area contributed by atoms with Gasteiger partial charge in [0, 0.05) is 37.3 Å². The van der Waals surface area contributed by atoms with Gasteiger partial charge in [-0.1, -0.05) is 12.1 Å². The van der Waals surface area contributed by atoms with Crippen LogP contribution in [-0.4, -0.2) is 53.3 Å². The number of rotatable bonds is 7. The van der Waals surface area contributed by atoms with Crippen molar-refractivity contribution >= 4 is 11.8 Å². The van der Waals surface area contributed by atoms with Crippen LogP contribution in [0.15, 0.2) is 24.3 Å². The summed E-state index contributed by atoms with van der Waals surface area (Å²) in [7, 11) is 0. The van der Waals surface area contributed by atoms with Crippen molar-refractivity contribution in [2.75, 3.05) is 19.6 Å². The Hall–Kier alpha value is -1.88. The van der Waals surface area contributed by atoms with Crippen molar-refractivity contribution in [2.24, 2.45) is 0 Å². The molecule has 3 fully saturated rings. The quantitative estimate of drug-likeness (QED) is 0.818. The molecule has 1 aromatic carbocycles. The van der Waals surface area contributed by atoms with Crippen LogP contribution in [0.5, 0.6) is 0 Å². The summed E-state index contributed by atoms with van der Waals surface area (Å²) in [6.45, 7) is 3.15. The minimum absolute atomic E-state index is 0.0263. The molecule has 2 saturated carbocycles. The lowest BCUT2D eigenvalue weighted by atomic mass is 10.1. The number of hydrogen-bond acceptors (Lipinski definition) is 3. The number of nitrogens with one attached hydrogen (secondary N) is 1. The molecule has 1 N–H and O–H groups in total. The van der Waals surface area contributed by atoms with Gasteiger partial charge in [0.15, 0.2) is 0 Å². The minimum atomic E-state index is 0.0263. The van der Waals surface area contributed by atoms with Crippen LogP contribution in [0.1, 0.15) is 60.9 Å². The molecule has 0 aromatic heterocycles. The highest BCUT2D eigenvalue weighted by atomic mass is 16.2. The molecule has 1 heterocycles. The second-order valence-corrected chi connectivity index (χ2v) is 8.02. The fourth-order valence-electron chi connectivity index (χ4n) is 3.66. The Morgan fingerprint density at radius 1 is 1.00 bits per heavy atom. The largest absolute Gasteiger partial charge is 0.349 e. The molecule has 0 bridgehead atoms. The maximum Gasteiger partial charge on any atom is 0.251 e. The zero-order valence-corrected chi connectivity index (χ0v) is 15.5. The maximum atomic E-state index is 12.6. The first kappa shape index (κ1) is 17.5. The van der Waals surface area contributed by atoms with Gasteiger partial charge in [-0.2, -0.15) is 0 Å². The van der Waals surface area contributed by atoms with Gasteiger partial charge in [-0.15, -0.1) is 0 Å². The Kier molecular flexibility index (Phi) is 5.25. The molecule has 2 amide bonds. The van der Waals surface area contributed by atoms with Gasteiger partial charge < -0.3 is 10.2 Å². The zero-order valence-electron chi connectivity index (χ0n) is 15.5. The van der Waals surface area contributed by atoms with Crippen molar-refractivity contribution in [3.05, 3.63) is 35.4 Å². The molecule has 2 aliphatic carbocycles. The van der Waals surface area contributed by atoms with Crippen LogP contribution < -0.4 is 5.32 Å². The molecule has 26 heavy (non-hydrogen) atoms. The van der Waals surface area contributed by atoms with Gasteiger partial charge in [-0.25, -0.2) is 0 Å². The fourth-order valence-corrected chi connectivity index (χ4v) is 3.66. The Labute approximate surface area is 155 Å². The summed E-state index contributed by atoms with van der Waals surface area (Å²) >= 11 is 0. The molecule has 140 valence electrons. The van der Waals surface area contributed by atoms with Gasteiger partial charge in [0.2, 0.25) is 5.91 Å². The third kappa shape index (κ3) is 4.64. The van der Waals surface area contributed by atoms with E-state index in [0.29, 0.717) is 18.6 Å². The Morgan fingerprint density at radius 2 is 1.69 bits per heavy atom. The molecular weight excluding hydrogens is 326 g/mol. The van der Waals surface area contributed by atoms with Crippen LogP contribution in [0.25, 0.3) is 0 Å². The summed E-state index contributed by atoms with van der Waals surface area (Å²) in [6, 6.07) is 8.80. The predicted octanol–water partition coefficient (Wildman–Crippen LogP) is 2.56. The monoisotopic (exact) mass is 355 g/mol. The standard InChI is InChI=1S/C21H29N3O2/c25-20(23-12-2-1-3-13-23)15-24(19-10-11-19)14-16-4-6-17(7-5-16)21(26)22-18-8-9-18/h4-7,18-19H,1-3,8-15H2,(H,22,26). The number of benzene rings is 1. The third-order valence-corrected chi connectivity index (χ3v) is 5.62. The number of nitrogens with zero attached hydrogens (tertiary/aromatic N) is 2. The number of piperidine rings is 1. The van der Waals surface area contributed by atoms with E-state index >= 15 is 0 Å². The van der Waals surface area contributed by atoms with Crippen molar-refractivity contribution in [1.29, 1.82) is 0 Å². The molecule has 5 nitrogen and oxygen atoms in total. The smallest absolute Gasteiger partial charge is 0.251 e. The second-order valence-electron chi connectivity index (χ2n) is 8.02. The van der Waals surface area contributed by atoms with E-state index in [-0.39, 0.29) is 11.8 Å². The highest BCUT2D eigenvalue weighted by Crippen LogP contribution is 2.28. The third-order valence-electron chi connectivity index (χ3n) is 5.62. The van der Waals surface area contributed by atoms with Crippen LogP contribution >= 0.6 is 0 Å². The van der Waals surface area contributed by atoms with E-state index in [1.807, 2.05) is 29.2 Å². The number of hydrogen-bond donors (Lipinski definition) is 1. The summed E-state index contributed by atoms with van der Waals surface area (Å²) in [5.41, 5.74) is 1.90. The topological polar surface area (TPSA) is 52.7 Å². The van der Waals surface area contributed by atoms with Crippen molar-refractivity contribution < 1.29 is 9.59 Å². The van der Waals surface area contributed by atoms with Gasteiger partial charge in [0.05, 0.1) is 6.54 Å². The molecule has 1 aliphatic heterocycles. The van der Waals surface area contributed by atoms with Crippen LogP contribution in [0.3, 0.4) is 0 Å². The lowest BCUT2D eigenvalue weighted by molar-refractivity contribution is -0.133.